The lowest BCUT2D eigenvalue weighted by molar-refractivity contribution is 0.443. The van der Waals surface area contributed by atoms with Gasteiger partial charge in [0.1, 0.15) is 23.0 Å². The molecule has 7 heteroatoms. The van der Waals surface area contributed by atoms with Gasteiger partial charge in [0.25, 0.3) is 0 Å². The molecule has 4 aromatic carbocycles. The average Bonchev–Trinajstić information content (AvgIpc) is 2.93. The second-order valence-electron chi connectivity index (χ2n) is 17.1. The van der Waals surface area contributed by atoms with Crippen LogP contribution in [0.4, 0.5) is 0 Å². The highest BCUT2D eigenvalue weighted by atomic mass is 32.2. The first kappa shape index (κ1) is 36.4. The first-order chi connectivity index (χ1) is 21.9. The van der Waals surface area contributed by atoms with E-state index in [0.29, 0.717) is 46.9 Å². The summed E-state index contributed by atoms with van der Waals surface area (Å²) in [4.78, 5) is 3.79. The molecule has 5 rings (SSSR count). The summed E-state index contributed by atoms with van der Waals surface area (Å²) in [6.07, 6.45) is 0.307. The summed E-state index contributed by atoms with van der Waals surface area (Å²) in [6.45, 7) is 25.7. The third-order valence-corrected chi connectivity index (χ3v) is 12.1. The zero-order valence-electron chi connectivity index (χ0n) is 30.3. The third-order valence-electron chi connectivity index (χ3n) is 8.89. The molecule has 8 bridgehead atoms. The lowest BCUT2D eigenvalue weighted by Crippen LogP contribution is -2.13. The Morgan fingerprint density at radius 1 is 0.354 bits per heavy atom. The molecule has 0 spiro atoms. The minimum atomic E-state index is -0.221. The Labute approximate surface area is 299 Å². The van der Waals surface area contributed by atoms with Gasteiger partial charge in [0.05, 0.1) is 29.4 Å². The van der Waals surface area contributed by atoms with Crippen LogP contribution in [0.2, 0.25) is 0 Å². The molecule has 48 heavy (non-hydrogen) atoms. The summed E-state index contributed by atoms with van der Waals surface area (Å²) in [7, 11) is 0. The summed E-state index contributed by atoms with van der Waals surface area (Å²) >= 11 is 4.03. The van der Waals surface area contributed by atoms with Crippen LogP contribution in [0.1, 0.15) is 116 Å². The summed E-state index contributed by atoms with van der Waals surface area (Å²) in [5.74, 6) is 0.504. The van der Waals surface area contributed by atoms with Crippen molar-refractivity contribution >= 4 is 35.3 Å². The lowest BCUT2D eigenvalue weighted by Gasteiger charge is -2.26. The van der Waals surface area contributed by atoms with Gasteiger partial charge in [0.15, 0.2) is 0 Å². The van der Waals surface area contributed by atoms with E-state index in [4.69, 9.17) is 0 Å². The van der Waals surface area contributed by atoms with Crippen molar-refractivity contribution in [1.82, 2.24) is 0 Å². The van der Waals surface area contributed by atoms with Gasteiger partial charge in [-0.2, -0.15) is 0 Å². The molecule has 4 aromatic rings. The summed E-state index contributed by atoms with van der Waals surface area (Å²) in [5, 5.41) is 47.5. The summed E-state index contributed by atoms with van der Waals surface area (Å²) in [6, 6.07) is 16.1. The molecule has 4 N–H and O–H groups in total. The van der Waals surface area contributed by atoms with Crippen LogP contribution >= 0.6 is 35.3 Å². The quantitative estimate of drug-likeness (QED) is 0.128. The summed E-state index contributed by atoms with van der Waals surface area (Å²) < 4.78 is 0. The molecule has 0 saturated carbocycles. The van der Waals surface area contributed by atoms with Gasteiger partial charge in [-0.25, -0.2) is 0 Å². The normalized spacial score (nSPS) is 14.2. The van der Waals surface area contributed by atoms with Crippen LogP contribution in [0.15, 0.2) is 77.9 Å². The molecule has 1 aliphatic rings. The zero-order chi connectivity index (χ0) is 35.7. The highest BCUT2D eigenvalue weighted by Gasteiger charge is 2.28. The topological polar surface area (TPSA) is 80.9 Å². The van der Waals surface area contributed by atoms with Crippen molar-refractivity contribution in [2.24, 2.45) is 0 Å². The highest BCUT2D eigenvalue weighted by Crippen LogP contribution is 2.53. The summed E-state index contributed by atoms with van der Waals surface area (Å²) in [5.41, 5.74) is 4.72. The van der Waals surface area contributed by atoms with E-state index >= 15 is 0 Å². The van der Waals surface area contributed by atoms with Crippen molar-refractivity contribution in [3.8, 4) is 23.0 Å². The highest BCUT2D eigenvalue weighted by molar-refractivity contribution is 8.01. The minimum absolute atomic E-state index is 0.111. The van der Waals surface area contributed by atoms with Crippen LogP contribution in [0.25, 0.3) is 0 Å². The molecule has 0 amide bonds. The number of benzene rings is 4. The fourth-order valence-corrected chi connectivity index (χ4v) is 8.76. The molecule has 0 saturated heterocycles. The van der Waals surface area contributed by atoms with Crippen molar-refractivity contribution in [2.75, 3.05) is 0 Å². The molecule has 0 unspecified atom stereocenters. The van der Waals surface area contributed by atoms with Crippen LogP contribution in [0.5, 0.6) is 23.0 Å². The van der Waals surface area contributed by atoms with E-state index in [-0.39, 0.29) is 44.7 Å². The van der Waals surface area contributed by atoms with Crippen molar-refractivity contribution in [3.05, 3.63) is 81.9 Å². The van der Waals surface area contributed by atoms with E-state index in [1.165, 1.54) is 35.3 Å². The van der Waals surface area contributed by atoms with E-state index in [1.807, 2.05) is 48.5 Å². The van der Waals surface area contributed by atoms with Gasteiger partial charge in [-0.3, -0.25) is 0 Å². The molecule has 0 aromatic heterocycles. The molecular weight excluding hydrogens is 653 g/mol. The number of phenolic OH excluding ortho intramolecular Hbond substituents is 4. The van der Waals surface area contributed by atoms with Gasteiger partial charge in [0, 0.05) is 6.42 Å². The van der Waals surface area contributed by atoms with Crippen molar-refractivity contribution in [2.45, 2.75) is 141 Å². The fraction of sp³-hybridized carbons (Fsp3) is 0.415. The van der Waals surface area contributed by atoms with Crippen LogP contribution in [0, 0.1) is 0 Å². The molecule has 1 heterocycles. The smallest absolute Gasteiger partial charge is 0.143 e. The van der Waals surface area contributed by atoms with Crippen LogP contribution in [-0.4, -0.2) is 20.4 Å². The lowest BCUT2D eigenvalue weighted by atomic mass is 9.83. The number of phenols is 4. The SMILES string of the molecule is CC(C)(C)c1cc2c(O)c(c1)Sc1cc(C(C)(C)C)cc(c1O)Sc1cc(C(C)(C)C)cc(c1O)Sc1cc(C(C)(C)C)cc(c1O)C2. The molecule has 0 atom stereocenters. The largest absolute Gasteiger partial charge is 0.506 e. The maximum atomic E-state index is 11.9. The Morgan fingerprint density at radius 3 is 0.792 bits per heavy atom. The van der Waals surface area contributed by atoms with Crippen molar-refractivity contribution in [3.63, 3.8) is 0 Å². The Morgan fingerprint density at radius 2 is 0.562 bits per heavy atom. The first-order valence-electron chi connectivity index (χ1n) is 16.4. The van der Waals surface area contributed by atoms with E-state index in [2.05, 4.69) is 83.1 Å². The number of rotatable bonds is 0. The predicted octanol–water partition coefficient (Wildman–Crippen LogP) is 12.1. The van der Waals surface area contributed by atoms with Gasteiger partial charge in [-0.05, 0) is 91.4 Å². The van der Waals surface area contributed by atoms with Gasteiger partial charge >= 0.3 is 0 Å². The molecule has 1 aliphatic heterocycles. The second-order valence-corrected chi connectivity index (χ2v) is 20.3. The van der Waals surface area contributed by atoms with Crippen LogP contribution in [0.3, 0.4) is 0 Å². The Balaban J connectivity index is 1.89. The standard InChI is InChI=1S/C41H50O4S3/c1-38(2,3)24-14-22-13-23-15-25(39(4,5)6)17-29(35(23)43)47-31-19-27(41(10,11)12)21-33(37(31)45)48-32-20-26(40(7,8)9)18-30(36(32)44)46-28(16-24)34(22)42/h14-21,42-45H,13H2,1-12H3. The van der Waals surface area contributed by atoms with Crippen molar-refractivity contribution in [1.29, 1.82) is 0 Å². The first-order valence-corrected chi connectivity index (χ1v) is 18.9. The maximum Gasteiger partial charge on any atom is 0.143 e. The molecule has 0 fully saturated rings. The second kappa shape index (κ2) is 12.5. The van der Waals surface area contributed by atoms with Crippen LogP contribution < -0.4 is 0 Å². The molecular formula is C41H50O4S3. The molecule has 256 valence electrons. The molecule has 0 radical (unpaired) electrons. The average molecular weight is 703 g/mol. The fourth-order valence-electron chi connectivity index (χ4n) is 5.52. The van der Waals surface area contributed by atoms with Gasteiger partial charge in [-0.1, -0.05) is 131 Å². The van der Waals surface area contributed by atoms with E-state index in [9.17, 15) is 20.4 Å². The minimum Gasteiger partial charge on any atom is -0.506 e. The zero-order valence-corrected chi connectivity index (χ0v) is 32.8. The predicted molar refractivity (Wildman–Crippen MR) is 202 cm³/mol. The molecule has 0 aliphatic carbocycles. The Kier molecular flexibility index (Phi) is 9.46. The van der Waals surface area contributed by atoms with Gasteiger partial charge < -0.3 is 20.4 Å². The number of aromatic hydroxyl groups is 4. The van der Waals surface area contributed by atoms with Gasteiger partial charge in [0.2, 0.25) is 0 Å². The van der Waals surface area contributed by atoms with Gasteiger partial charge in [-0.15, -0.1) is 0 Å². The Bertz CT molecular complexity index is 1530. The van der Waals surface area contributed by atoms with Crippen LogP contribution in [-0.2, 0) is 28.1 Å². The molecule has 4 nitrogen and oxygen atoms in total. The van der Waals surface area contributed by atoms with E-state index in [1.54, 1.807) is 0 Å². The number of hydrogen-bond acceptors (Lipinski definition) is 7. The Hall–Kier alpha value is -2.87. The van der Waals surface area contributed by atoms with Crippen molar-refractivity contribution < 1.29 is 20.4 Å². The third kappa shape index (κ3) is 7.49. The monoisotopic (exact) mass is 702 g/mol. The maximum absolute atomic E-state index is 11.9. The van der Waals surface area contributed by atoms with E-state index in [0.717, 1.165) is 22.3 Å². The number of hydrogen-bond donors (Lipinski definition) is 4. The van der Waals surface area contributed by atoms with E-state index < -0.39 is 0 Å². The number of fused-ring (bicyclic) bond motifs is 8.